The molecular formula is C21H37B. The van der Waals surface area contributed by atoms with Gasteiger partial charge in [-0.15, -0.1) is 0 Å². The highest BCUT2D eigenvalue weighted by molar-refractivity contribution is 6.58. The van der Waals surface area contributed by atoms with Crippen molar-refractivity contribution in [3.8, 4) is 0 Å². The van der Waals surface area contributed by atoms with Crippen LogP contribution in [0.2, 0.25) is 12.6 Å². The smallest absolute Gasteiger partial charge is 0.0739 e. The maximum Gasteiger partial charge on any atom is 0.144 e. The maximum absolute atomic E-state index is 2.31. The van der Waals surface area contributed by atoms with Gasteiger partial charge in [0.1, 0.15) is 6.71 Å². The quantitative estimate of drug-likeness (QED) is 0.251. The molecule has 0 heterocycles. The zero-order valence-corrected chi connectivity index (χ0v) is 15.2. The van der Waals surface area contributed by atoms with Gasteiger partial charge in [-0.3, -0.25) is 0 Å². The van der Waals surface area contributed by atoms with Crippen molar-refractivity contribution in [2.75, 3.05) is 0 Å². The Balaban J connectivity index is 2.29. The van der Waals surface area contributed by atoms with Crippen molar-refractivity contribution in [2.24, 2.45) is 0 Å². The first-order valence-electron chi connectivity index (χ1n) is 9.90. The molecule has 0 N–H and O–H groups in total. The highest BCUT2D eigenvalue weighted by Crippen LogP contribution is 2.17. The van der Waals surface area contributed by atoms with Crippen molar-refractivity contribution in [2.45, 2.75) is 97.0 Å². The van der Waals surface area contributed by atoms with Gasteiger partial charge in [0.2, 0.25) is 0 Å². The Hall–Kier alpha value is -0.715. The molecular weight excluding hydrogens is 263 g/mol. The van der Waals surface area contributed by atoms with E-state index in [2.05, 4.69) is 44.2 Å². The Morgan fingerprint density at radius 2 is 1.14 bits per heavy atom. The highest BCUT2D eigenvalue weighted by Gasteiger charge is 2.13. The van der Waals surface area contributed by atoms with Crippen LogP contribution in [0.3, 0.4) is 0 Å². The second kappa shape index (κ2) is 13.9. The van der Waals surface area contributed by atoms with Crippen LogP contribution < -0.4 is 0 Å². The molecule has 0 aromatic heterocycles. The summed E-state index contributed by atoms with van der Waals surface area (Å²) in [5.74, 6) is 0. The fraction of sp³-hybridized carbons (Fsp3) is 0.714. The van der Waals surface area contributed by atoms with Gasteiger partial charge in [0.25, 0.3) is 0 Å². The van der Waals surface area contributed by atoms with Crippen LogP contribution in [0.1, 0.15) is 83.6 Å². The van der Waals surface area contributed by atoms with E-state index < -0.39 is 0 Å². The first-order chi connectivity index (χ1) is 10.9. The largest absolute Gasteiger partial charge is 0.144 e. The molecule has 22 heavy (non-hydrogen) atoms. The summed E-state index contributed by atoms with van der Waals surface area (Å²) >= 11 is 0. The van der Waals surface area contributed by atoms with E-state index in [0.717, 1.165) is 6.71 Å². The molecule has 0 aliphatic rings. The van der Waals surface area contributed by atoms with Gasteiger partial charge >= 0.3 is 0 Å². The summed E-state index contributed by atoms with van der Waals surface area (Å²) in [7, 11) is 0. The van der Waals surface area contributed by atoms with E-state index in [-0.39, 0.29) is 0 Å². The van der Waals surface area contributed by atoms with Gasteiger partial charge in [-0.2, -0.15) is 0 Å². The number of unbranched alkanes of at least 4 members (excludes halogenated alkanes) is 8. The lowest BCUT2D eigenvalue weighted by atomic mass is 9.40. The van der Waals surface area contributed by atoms with Crippen LogP contribution in [0.5, 0.6) is 0 Å². The normalized spacial score (nSPS) is 10.8. The second-order valence-corrected chi connectivity index (χ2v) is 6.96. The molecule has 0 unspecified atom stereocenters. The summed E-state index contributed by atoms with van der Waals surface area (Å²) in [5.41, 5.74) is 1.54. The van der Waals surface area contributed by atoms with Crippen LogP contribution in [0.4, 0.5) is 0 Å². The van der Waals surface area contributed by atoms with Gasteiger partial charge in [0.05, 0.1) is 0 Å². The van der Waals surface area contributed by atoms with Crippen molar-refractivity contribution >= 4 is 6.71 Å². The van der Waals surface area contributed by atoms with Crippen LogP contribution in [-0.2, 0) is 6.32 Å². The molecule has 1 aromatic rings. The minimum absolute atomic E-state index is 0.908. The van der Waals surface area contributed by atoms with E-state index in [0.29, 0.717) is 0 Å². The highest BCUT2D eigenvalue weighted by atomic mass is 14.0. The molecule has 1 rings (SSSR count). The van der Waals surface area contributed by atoms with Crippen molar-refractivity contribution in [3.05, 3.63) is 35.9 Å². The maximum atomic E-state index is 2.31. The average molecular weight is 300 g/mol. The summed E-state index contributed by atoms with van der Waals surface area (Å²) < 4.78 is 0. The van der Waals surface area contributed by atoms with Crippen LogP contribution in [0.25, 0.3) is 0 Å². The molecule has 1 aromatic carbocycles. The lowest BCUT2D eigenvalue weighted by molar-refractivity contribution is 0.644. The molecule has 0 spiro atoms. The molecule has 0 amide bonds. The molecule has 0 aliphatic carbocycles. The van der Waals surface area contributed by atoms with E-state index in [4.69, 9.17) is 0 Å². The van der Waals surface area contributed by atoms with Crippen LogP contribution in [-0.4, -0.2) is 6.71 Å². The third-order valence-corrected chi connectivity index (χ3v) is 4.80. The van der Waals surface area contributed by atoms with Gasteiger partial charge in [0.15, 0.2) is 0 Å². The fourth-order valence-corrected chi connectivity index (χ4v) is 3.37. The van der Waals surface area contributed by atoms with E-state index in [9.17, 15) is 0 Å². The minimum Gasteiger partial charge on any atom is -0.0739 e. The van der Waals surface area contributed by atoms with Gasteiger partial charge < -0.3 is 0 Å². The van der Waals surface area contributed by atoms with Crippen LogP contribution in [0, 0.1) is 0 Å². The Morgan fingerprint density at radius 3 is 1.64 bits per heavy atom. The predicted octanol–water partition coefficient (Wildman–Crippen LogP) is 7.20. The Morgan fingerprint density at radius 1 is 0.636 bits per heavy atom. The van der Waals surface area contributed by atoms with Gasteiger partial charge in [-0.05, 0) is 6.32 Å². The topological polar surface area (TPSA) is 0 Å². The van der Waals surface area contributed by atoms with E-state index in [1.807, 2.05) is 0 Å². The number of benzene rings is 1. The van der Waals surface area contributed by atoms with E-state index >= 15 is 0 Å². The third-order valence-electron chi connectivity index (χ3n) is 4.80. The average Bonchev–Trinajstić information content (AvgIpc) is 2.55. The van der Waals surface area contributed by atoms with Gasteiger partial charge in [0, 0.05) is 0 Å². The summed E-state index contributed by atoms with van der Waals surface area (Å²) in [4.78, 5) is 0. The van der Waals surface area contributed by atoms with Crippen LogP contribution in [0.15, 0.2) is 30.3 Å². The Kier molecular flexibility index (Phi) is 12.2. The molecule has 0 fully saturated rings. The lowest BCUT2D eigenvalue weighted by Crippen LogP contribution is -2.16. The minimum atomic E-state index is 0.908. The zero-order chi connectivity index (χ0) is 15.9. The number of hydrogen-bond donors (Lipinski definition) is 0. The summed E-state index contributed by atoms with van der Waals surface area (Å²) in [6.45, 7) is 5.51. The molecule has 0 bridgehead atoms. The molecule has 0 atom stereocenters. The van der Waals surface area contributed by atoms with Crippen molar-refractivity contribution < 1.29 is 0 Å². The molecule has 0 saturated carbocycles. The van der Waals surface area contributed by atoms with Crippen LogP contribution >= 0.6 is 0 Å². The molecule has 0 nitrogen and oxygen atoms in total. The monoisotopic (exact) mass is 300 g/mol. The lowest BCUT2D eigenvalue weighted by Gasteiger charge is -2.14. The zero-order valence-electron chi connectivity index (χ0n) is 15.2. The second-order valence-electron chi connectivity index (χ2n) is 6.96. The molecule has 124 valence electrons. The third kappa shape index (κ3) is 10.1. The van der Waals surface area contributed by atoms with E-state index in [1.165, 1.54) is 88.7 Å². The summed E-state index contributed by atoms with van der Waals surface area (Å²) in [5, 5.41) is 0. The van der Waals surface area contributed by atoms with Gasteiger partial charge in [-0.25, -0.2) is 0 Å². The first kappa shape index (κ1) is 19.3. The molecule has 0 aliphatic heterocycles. The SMILES string of the molecule is CCCCCCCB(CCCCCCC)Cc1ccccc1. The summed E-state index contributed by atoms with van der Waals surface area (Å²) in [6.07, 6.45) is 18.3. The van der Waals surface area contributed by atoms with Crippen molar-refractivity contribution in [3.63, 3.8) is 0 Å². The number of rotatable bonds is 14. The predicted molar refractivity (Wildman–Crippen MR) is 103 cm³/mol. The standard InChI is InChI=1S/C21H37B/c1-3-5-7-9-14-18-22(19-15-10-8-6-4-2)20-21-16-12-11-13-17-21/h11-13,16-17H,3-10,14-15,18-20H2,1-2H3. The van der Waals surface area contributed by atoms with Gasteiger partial charge in [-0.1, -0.05) is 127 Å². The Labute approximate surface area is 140 Å². The van der Waals surface area contributed by atoms with Crippen molar-refractivity contribution in [1.82, 2.24) is 0 Å². The first-order valence-corrected chi connectivity index (χ1v) is 9.90. The van der Waals surface area contributed by atoms with Crippen molar-refractivity contribution in [1.29, 1.82) is 0 Å². The number of hydrogen-bond acceptors (Lipinski definition) is 0. The van der Waals surface area contributed by atoms with E-state index in [1.54, 1.807) is 0 Å². The molecule has 0 radical (unpaired) electrons. The Bertz CT molecular complexity index is 319. The molecule has 0 saturated heterocycles. The fourth-order valence-electron chi connectivity index (χ4n) is 3.37. The molecule has 1 heteroatoms. The summed E-state index contributed by atoms with van der Waals surface area (Å²) in [6, 6.07) is 11.1.